The monoisotopic (exact) mass is 605 g/mol. The van der Waals surface area contributed by atoms with E-state index in [0.29, 0.717) is 21.0 Å². The second-order valence-electron chi connectivity index (χ2n) is 10.7. The van der Waals surface area contributed by atoms with Gasteiger partial charge in [0.05, 0.1) is 26.2 Å². The highest BCUT2D eigenvalue weighted by Crippen LogP contribution is 2.67. The topological polar surface area (TPSA) is 133 Å². The highest BCUT2D eigenvalue weighted by Gasteiger charge is 2.77. The lowest BCUT2D eigenvalue weighted by molar-refractivity contribution is -0.178. The van der Waals surface area contributed by atoms with Gasteiger partial charge in [-0.3, -0.25) is 19.2 Å². The van der Waals surface area contributed by atoms with Crippen LogP contribution in [0, 0.1) is 17.8 Å². The third-order valence-electron chi connectivity index (χ3n) is 8.67. The Labute approximate surface area is 249 Å². The Morgan fingerprint density at radius 1 is 0.837 bits per heavy atom. The molecule has 3 aromatic rings. The Bertz CT molecular complexity index is 1690. The number of benzene rings is 3. The summed E-state index contributed by atoms with van der Waals surface area (Å²) in [6.07, 6.45) is -0.310. The molecule has 1 aliphatic carbocycles. The molecule has 0 aromatic heterocycles. The van der Waals surface area contributed by atoms with Gasteiger partial charge in [-0.1, -0.05) is 72.3 Å². The SMILES string of the molecule is COC(=O)C(Cc1ccccc1)(C(=O)OC)[C@@H]1c2ccccc2[C@H]2CN(S(=O)(=O)c3ccc(C)cc3)C(=O)[C@]21C(=O)OC. The molecule has 0 unspecified atom stereocenters. The predicted octanol–water partition coefficient (Wildman–Crippen LogP) is 3.14. The van der Waals surface area contributed by atoms with Gasteiger partial charge in [-0.05, 0) is 42.2 Å². The minimum Gasteiger partial charge on any atom is -0.468 e. The normalized spacial score (nSPS) is 21.1. The Kier molecular flexibility index (Phi) is 7.64. The maximum atomic E-state index is 14.7. The van der Waals surface area contributed by atoms with Crippen LogP contribution in [-0.4, -0.2) is 64.4 Å². The van der Waals surface area contributed by atoms with E-state index in [4.69, 9.17) is 14.2 Å². The fourth-order valence-electron chi connectivity index (χ4n) is 6.82. The van der Waals surface area contributed by atoms with Gasteiger partial charge in [-0.15, -0.1) is 0 Å². The van der Waals surface area contributed by atoms with Crippen molar-refractivity contribution in [3.63, 3.8) is 0 Å². The summed E-state index contributed by atoms with van der Waals surface area (Å²) in [5, 5.41) is 0. The number of hydrogen-bond acceptors (Lipinski definition) is 9. The molecule has 5 rings (SSSR count). The lowest BCUT2D eigenvalue weighted by Crippen LogP contribution is -2.57. The van der Waals surface area contributed by atoms with Gasteiger partial charge >= 0.3 is 17.9 Å². The number of sulfonamides is 1. The molecule has 1 amide bonds. The van der Waals surface area contributed by atoms with Crippen LogP contribution in [0.1, 0.15) is 34.1 Å². The number of amides is 1. The van der Waals surface area contributed by atoms with Crippen molar-refractivity contribution in [3.8, 4) is 0 Å². The molecule has 43 heavy (non-hydrogen) atoms. The minimum absolute atomic E-state index is 0.146. The van der Waals surface area contributed by atoms with Crippen molar-refractivity contribution in [2.45, 2.75) is 30.1 Å². The van der Waals surface area contributed by atoms with E-state index >= 15 is 0 Å². The summed E-state index contributed by atoms with van der Waals surface area (Å²) in [6, 6.07) is 21.1. The number of methoxy groups -OCH3 is 3. The summed E-state index contributed by atoms with van der Waals surface area (Å²) >= 11 is 0. The van der Waals surface area contributed by atoms with Crippen LogP contribution in [0.2, 0.25) is 0 Å². The van der Waals surface area contributed by atoms with Crippen LogP contribution >= 0.6 is 0 Å². The number of esters is 3. The molecule has 1 fully saturated rings. The van der Waals surface area contributed by atoms with Gasteiger partial charge in [0.1, 0.15) is 0 Å². The van der Waals surface area contributed by atoms with Crippen molar-refractivity contribution in [3.05, 3.63) is 101 Å². The van der Waals surface area contributed by atoms with E-state index in [1.54, 1.807) is 73.7 Å². The van der Waals surface area contributed by atoms with Gasteiger partial charge in [-0.25, -0.2) is 12.7 Å². The van der Waals surface area contributed by atoms with E-state index < -0.39 is 63.0 Å². The molecule has 2 aliphatic rings. The summed E-state index contributed by atoms with van der Waals surface area (Å²) in [5.74, 6) is -6.89. The maximum absolute atomic E-state index is 14.7. The Morgan fingerprint density at radius 2 is 1.40 bits per heavy atom. The van der Waals surface area contributed by atoms with E-state index in [1.807, 2.05) is 0 Å². The van der Waals surface area contributed by atoms with Crippen LogP contribution in [0.25, 0.3) is 0 Å². The van der Waals surface area contributed by atoms with Crippen LogP contribution in [0.5, 0.6) is 0 Å². The molecule has 0 spiro atoms. The Hall–Kier alpha value is -4.51. The van der Waals surface area contributed by atoms with Crippen molar-refractivity contribution in [1.29, 1.82) is 0 Å². The van der Waals surface area contributed by atoms with Crippen LogP contribution in [0.15, 0.2) is 83.8 Å². The summed E-state index contributed by atoms with van der Waals surface area (Å²) < 4.78 is 44.2. The molecule has 10 nitrogen and oxygen atoms in total. The molecule has 1 heterocycles. The molecule has 224 valence electrons. The smallest absolute Gasteiger partial charge is 0.324 e. The van der Waals surface area contributed by atoms with Gasteiger partial charge < -0.3 is 14.2 Å². The van der Waals surface area contributed by atoms with Crippen LogP contribution < -0.4 is 0 Å². The van der Waals surface area contributed by atoms with E-state index in [0.717, 1.165) is 26.9 Å². The Balaban J connectivity index is 1.84. The molecule has 1 saturated heterocycles. The number of carbonyl (C=O) groups excluding carboxylic acids is 4. The standard InChI is InChI=1S/C32H31NO9S/c1-20-14-16-22(17-15-20)43(38,39)33-19-25-23-12-8-9-13-24(23)26(32(25,27(33)34)30(37)42-4)31(28(35)40-2,29(36)41-3)18-21-10-6-5-7-11-21/h5-17,25-26H,18-19H2,1-4H3/t25-,26+,32+/m1/s1. The molecule has 3 aromatic carbocycles. The van der Waals surface area contributed by atoms with E-state index in [9.17, 15) is 27.6 Å². The molecule has 1 aliphatic heterocycles. The zero-order valence-electron chi connectivity index (χ0n) is 24.1. The van der Waals surface area contributed by atoms with Crippen molar-refractivity contribution in [2.24, 2.45) is 10.8 Å². The molecule has 11 heteroatoms. The minimum atomic E-state index is -4.46. The first-order valence-electron chi connectivity index (χ1n) is 13.5. The third-order valence-corrected chi connectivity index (χ3v) is 10.4. The Morgan fingerprint density at radius 3 is 1.95 bits per heavy atom. The third kappa shape index (κ3) is 4.24. The summed E-state index contributed by atoms with van der Waals surface area (Å²) in [6.45, 7) is 1.38. The maximum Gasteiger partial charge on any atom is 0.324 e. The van der Waals surface area contributed by atoms with E-state index in [2.05, 4.69) is 0 Å². The van der Waals surface area contributed by atoms with Gasteiger partial charge in [-0.2, -0.15) is 0 Å². The number of nitrogens with zero attached hydrogens (tertiary/aromatic N) is 1. The van der Waals surface area contributed by atoms with Crippen molar-refractivity contribution in [2.75, 3.05) is 27.9 Å². The van der Waals surface area contributed by atoms with Gasteiger partial charge in [0.15, 0.2) is 10.8 Å². The van der Waals surface area contributed by atoms with Gasteiger partial charge in [0, 0.05) is 18.4 Å². The number of aryl methyl sites for hydroxylation is 1. The molecular formula is C32H31NO9S. The van der Waals surface area contributed by atoms with Crippen LogP contribution in [-0.2, 0) is 49.8 Å². The second-order valence-corrected chi connectivity index (χ2v) is 12.6. The quantitative estimate of drug-likeness (QED) is 0.216. The molecule has 3 atom stereocenters. The largest absolute Gasteiger partial charge is 0.468 e. The van der Waals surface area contributed by atoms with E-state index in [1.165, 1.54) is 12.1 Å². The lowest BCUT2D eigenvalue weighted by Gasteiger charge is -2.41. The fraction of sp³-hybridized carbons (Fsp3) is 0.312. The predicted molar refractivity (Wildman–Crippen MR) is 153 cm³/mol. The van der Waals surface area contributed by atoms with Crippen molar-refractivity contribution in [1.82, 2.24) is 4.31 Å². The molecule has 0 radical (unpaired) electrons. The average molecular weight is 606 g/mol. The van der Waals surface area contributed by atoms with Crippen molar-refractivity contribution < 1.29 is 41.8 Å². The average Bonchev–Trinajstić information content (AvgIpc) is 3.50. The highest BCUT2D eigenvalue weighted by atomic mass is 32.2. The van der Waals surface area contributed by atoms with Gasteiger partial charge in [0.2, 0.25) is 0 Å². The lowest BCUT2D eigenvalue weighted by atomic mass is 9.58. The molecular weight excluding hydrogens is 574 g/mol. The second kappa shape index (κ2) is 11.0. The number of ether oxygens (including phenoxy) is 3. The molecule has 0 bridgehead atoms. The summed E-state index contributed by atoms with van der Waals surface area (Å²) in [5.41, 5.74) is -2.49. The number of fused-ring (bicyclic) bond motifs is 3. The first kappa shape index (κ1) is 30.0. The van der Waals surface area contributed by atoms with E-state index in [-0.39, 0.29) is 11.3 Å². The molecule has 0 N–H and O–H groups in total. The van der Waals surface area contributed by atoms with Crippen LogP contribution in [0.3, 0.4) is 0 Å². The highest BCUT2D eigenvalue weighted by molar-refractivity contribution is 7.89. The first-order valence-corrected chi connectivity index (χ1v) is 15.0. The zero-order valence-corrected chi connectivity index (χ0v) is 24.9. The van der Waals surface area contributed by atoms with Gasteiger partial charge in [0.25, 0.3) is 15.9 Å². The number of carbonyl (C=O) groups is 4. The summed E-state index contributed by atoms with van der Waals surface area (Å²) in [7, 11) is -1.20. The van der Waals surface area contributed by atoms with Crippen LogP contribution in [0.4, 0.5) is 0 Å². The molecule has 0 saturated carbocycles. The summed E-state index contributed by atoms with van der Waals surface area (Å²) in [4.78, 5) is 56.7. The zero-order chi connectivity index (χ0) is 31.2. The first-order chi connectivity index (χ1) is 20.5. The van der Waals surface area contributed by atoms with Crippen molar-refractivity contribution >= 4 is 33.8 Å². The number of hydrogen-bond donors (Lipinski definition) is 0. The number of rotatable bonds is 8. The fourth-order valence-corrected chi connectivity index (χ4v) is 8.26.